The molecular formula is C11H18N4S. The number of anilines is 1. The molecule has 0 amide bonds. The van der Waals surface area contributed by atoms with Gasteiger partial charge in [0.05, 0.1) is 0 Å². The van der Waals surface area contributed by atoms with Crippen LogP contribution < -0.4 is 10.2 Å². The Morgan fingerprint density at radius 1 is 1.44 bits per heavy atom. The Hall–Kier alpha value is -0.810. The van der Waals surface area contributed by atoms with Crippen molar-refractivity contribution in [2.75, 3.05) is 31.3 Å². The molecule has 0 radical (unpaired) electrons. The van der Waals surface area contributed by atoms with E-state index in [4.69, 9.17) is 0 Å². The molecule has 0 atom stereocenters. The van der Waals surface area contributed by atoms with Gasteiger partial charge in [0.25, 0.3) is 0 Å². The van der Waals surface area contributed by atoms with Crippen molar-refractivity contribution in [3.63, 3.8) is 0 Å². The standard InChI is InChI=1S/C11H18N4S/c1-15(9-3-6-12-7-4-9)10-5-8-13-11(14-10)16-2/h5,8-9,12H,3-4,6-7H2,1-2H3. The van der Waals surface area contributed by atoms with Crippen LogP contribution in [0.3, 0.4) is 0 Å². The Bertz CT molecular complexity index is 339. The number of nitrogens with zero attached hydrogens (tertiary/aromatic N) is 3. The van der Waals surface area contributed by atoms with Crippen molar-refractivity contribution in [2.45, 2.75) is 24.0 Å². The minimum absolute atomic E-state index is 0.603. The summed E-state index contributed by atoms with van der Waals surface area (Å²) in [6.45, 7) is 2.21. The van der Waals surface area contributed by atoms with Crippen LogP contribution in [0.25, 0.3) is 0 Å². The molecule has 0 aliphatic carbocycles. The van der Waals surface area contributed by atoms with E-state index in [2.05, 4.69) is 27.2 Å². The normalized spacial score (nSPS) is 17.4. The van der Waals surface area contributed by atoms with Gasteiger partial charge in [-0.05, 0) is 38.3 Å². The number of rotatable bonds is 3. The third-order valence-electron chi connectivity index (χ3n) is 3.02. The first-order valence-electron chi connectivity index (χ1n) is 5.62. The second-order valence-corrected chi connectivity index (χ2v) is 4.77. The quantitative estimate of drug-likeness (QED) is 0.636. The van der Waals surface area contributed by atoms with Crippen LogP contribution in [0, 0.1) is 0 Å². The molecule has 1 aromatic heterocycles. The largest absolute Gasteiger partial charge is 0.356 e. The highest BCUT2D eigenvalue weighted by molar-refractivity contribution is 7.98. The molecule has 88 valence electrons. The van der Waals surface area contributed by atoms with Crippen molar-refractivity contribution < 1.29 is 0 Å². The molecule has 1 saturated heterocycles. The van der Waals surface area contributed by atoms with Gasteiger partial charge >= 0.3 is 0 Å². The van der Waals surface area contributed by atoms with Crippen LogP contribution in [-0.2, 0) is 0 Å². The molecule has 0 unspecified atom stereocenters. The molecule has 2 rings (SSSR count). The fourth-order valence-electron chi connectivity index (χ4n) is 2.01. The van der Waals surface area contributed by atoms with Gasteiger partial charge in [-0.1, -0.05) is 11.8 Å². The maximum absolute atomic E-state index is 4.52. The number of thioether (sulfide) groups is 1. The highest BCUT2D eigenvalue weighted by Gasteiger charge is 2.18. The molecule has 0 saturated carbocycles. The lowest BCUT2D eigenvalue weighted by atomic mass is 10.1. The smallest absolute Gasteiger partial charge is 0.189 e. The Morgan fingerprint density at radius 2 is 2.19 bits per heavy atom. The van der Waals surface area contributed by atoms with Crippen LogP contribution in [0.5, 0.6) is 0 Å². The molecule has 2 heterocycles. The van der Waals surface area contributed by atoms with Crippen LogP contribution in [0.1, 0.15) is 12.8 Å². The second-order valence-electron chi connectivity index (χ2n) is 3.99. The zero-order chi connectivity index (χ0) is 11.4. The van der Waals surface area contributed by atoms with Gasteiger partial charge in [0, 0.05) is 19.3 Å². The third-order valence-corrected chi connectivity index (χ3v) is 3.58. The average molecular weight is 238 g/mol. The number of hydrogen-bond acceptors (Lipinski definition) is 5. The van der Waals surface area contributed by atoms with Crippen molar-refractivity contribution in [3.8, 4) is 0 Å². The van der Waals surface area contributed by atoms with Crippen LogP contribution >= 0.6 is 11.8 Å². The first kappa shape index (κ1) is 11.7. The van der Waals surface area contributed by atoms with E-state index in [0.717, 1.165) is 24.1 Å². The number of hydrogen-bond donors (Lipinski definition) is 1. The topological polar surface area (TPSA) is 41.1 Å². The lowest BCUT2D eigenvalue weighted by molar-refractivity contribution is 0.441. The van der Waals surface area contributed by atoms with Gasteiger partial charge in [0.15, 0.2) is 5.16 Å². The SMILES string of the molecule is CSc1nccc(N(C)C2CCNCC2)n1. The monoisotopic (exact) mass is 238 g/mol. The third kappa shape index (κ3) is 2.65. The molecule has 1 fully saturated rings. The molecule has 0 spiro atoms. The highest BCUT2D eigenvalue weighted by Crippen LogP contribution is 2.19. The van der Waals surface area contributed by atoms with Crippen molar-refractivity contribution in [1.82, 2.24) is 15.3 Å². The van der Waals surface area contributed by atoms with E-state index in [0.29, 0.717) is 6.04 Å². The van der Waals surface area contributed by atoms with E-state index in [-0.39, 0.29) is 0 Å². The fourth-order valence-corrected chi connectivity index (χ4v) is 2.36. The summed E-state index contributed by atoms with van der Waals surface area (Å²) in [5, 5.41) is 4.23. The molecule has 1 aromatic rings. The van der Waals surface area contributed by atoms with Crippen LogP contribution in [0.2, 0.25) is 0 Å². The lowest BCUT2D eigenvalue weighted by Gasteiger charge is -2.32. The molecular weight excluding hydrogens is 220 g/mol. The van der Waals surface area contributed by atoms with E-state index in [1.165, 1.54) is 12.8 Å². The summed E-state index contributed by atoms with van der Waals surface area (Å²) in [6, 6.07) is 2.59. The van der Waals surface area contributed by atoms with E-state index < -0.39 is 0 Å². The summed E-state index contributed by atoms with van der Waals surface area (Å²) in [5.74, 6) is 1.03. The molecule has 0 aromatic carbocycles. The molecule has 4 nitrogen and oxygen atoms in total. The summed E-state index contributed by atoms with van der Waals surface area (Å²) in [6.07, 6.45) is 6.22. The van der Waals surface area contributed by atoms with Crippen LogP contribution in [0.4, 0.5) is 5.82 Å². The second kappa shape index (κ2) is 5.50. The highest BCUT2D eigenvalue weighted by atomic mass is 32.2. The summed E-state index contributed by atoms with van der Waals surface area (Å²) in [4.78, 5) is 11.0. The van der Waals surface area contributed by atoms with Crippen molar-refractivity contribution in [3.05, 3.63) is 12.3 Å². The van der Waals surface area contributed by atoms with Gasteiger partial charge in [0.2, 0.25) is 0 Å². The van der Waals surface area contributed by atoms with E-state index in [1.54, 1.807) is 11.8 Å². The van der Waals surface area contributed by atoms with Gasteiger partial charge in [-0.25, -0.2) is 9.97 Å². The number of piperidine rings is 1. The van der Waals surface area contributed by atoms with Crippen molar-refractivity contribution >= 4 is 17.6 Å². The molecule has 1 aliphatic heterocycles. The number of nitrogens with one attached hydrogen (secondary N) is 1. The Balaban J connectivity index is 2.09. The maximum Gasteiger partial charge on any atom is 0.189 e. The molecule has 1 N–H and O–H groups in total. The summed E-state index contributed by atoms with van der Waals surface area (Å²) >= 11 is 1.59. The average Bonchev–Trinajstić information content (AvgIpc) is 2.39. The molecule has 16 heavy (non-hydrogen) atoms. The van der Waals surface area contributed by atoms with E-state index in [1.807, 2.05) is 18.5 Å². The predicted octanol–water partition coefficient (Wildman–Crippen LogP) is 1.39. The van der Waals surface area contributed by atoms with Gasteiger partial charge < -0.3 is 10.2 Å². The fraction of sp³-hybridized carbons (Fsp3) is 0.636. The van der Waals surface area contributed by atoms with E-state index in [9.17, 15) is 0 Å². The lowest BCUT2D eigenvalue weighted by Crippen LogP contribution is -2.41. The zero-order valence-electron chi connectivity index (χ0n) is 9.81. The Kier molecular flexibility index (Phi) is 4.01. The van der Waals surface area contributed by atoms with Crippen LogP contribution in [0.15, 0.2) is 17.4 Å². The van der Waals surface area contributed by atoms with Gasteiger partial charge in [-0.15, -0.1) is 0 Å². The predicted molar refractivity (Wildman–Crippen MR) is 68.1 cm³/mol. The summed E-state index contributed by atoms with van der Waals surface area (Å²) < 4.78 is 0. The van der Waals surface area contributed by atoms with Gasteiger partial charge in [0.1, 0.15) is 5.82 Å². The first-order chi connectivity index (χ1) is 7.81. The van der Waals surface area contributed by atoms with Gasteiger partial charge in [-0.2, -0.15) is 0 Å². The zero-order valence-corrected chi connectivity index (χ0v) is 10.6. The molecule has 5 heteroatoms. The van der Waals surface area contributed by atoms with Crippen LogP contribution in [-0.4, -0.2) is 42.4 Å². The maximum atomic E-state index is 4.52. The summed E-state index contributed by atoms with van der Waals surface area (Å²) in [7, 11) is 2.13. The Morgan fingerprint density at radius 3 is 2.88 bits per heavy atom. The first-order valence-corrected chi connectivity index (χ1v) is 6.84. The molecule has 1 aliphatic rings. The van der Waals surface area contributed by atoms with Gasteiger partial charge in [-0.3, -0.25) is 0 Å². The summed E-state index contributed by atoms with van der Waals surface area (Å²) in [5.41, 5.74) is 0. The molecule has 0 bridgehead atoms. The minimum atomic E-state index is 0.603. The minimum Gasteiger partial charge on any atom is -0.356 e. The van der Waals surface area contributed by atoms with E-state index >= 15 is 0 Å². The number of aromatic nitrogens is 2. The Labute approximate surface area is 101 Å². The van der Waals surface area contributed by atoms with Crippen molar-refractivity contribution in [1.29, 1.82) is 0 Å². The van der Waals surface area contributed by atoms with Crippen molar-refractivity contribution in [2.24, 2.45) is 0 Å².